The van der Waals surface area contributed by atoms with Crippen molar-refractivity contribution in [3.63, 3.8) is 0 Å². The van der Waals surface area contributed by atoms with Crippen molar-refractivity contribution in [3.05, 3.63) is 71.8 Å². The molecule has 0 radical (unpaired) electrons. The maximum atomic E-state index is 13.3. The van der Waals surface area contributed by atoms with E-state index in [4.69, 9.17) is 0 Å². The number of benzene rings is 2. The average Bonchev–Trinajstić information content (AvgIpc) is 2.79. The third kappa shape index (κ3) is 4.21. The summed E-state index contributed by atoms with van der Waals surface area (Å²) in [5.74, 6) is 0. The summed E-state index contributed by atoms with van der Waals surface area (Å²) in [5, 5.41) is 22.2. The Labute approximate surface area is 167 Å². The molecule has 5 nitrogen and oxygen atoms in total. The number of aliphatic hydroxyl groups excluding tert-OH is 2. The molecule has 0 saturated carbocycles. The highest BCUT2D eigenvalue weighted by molar-refractivity contribution is 5.76. The molecule has 1 aliphatic heterocycles. The fourth-order valence-corrected chi connectivity index (χ4v) is 4.19. The normalized spacial score (nSPS) is 25.6. The van der Waals surface area contributed by atoms with Crippen LogP contribution in [0.1, 0.15) is 25.0 Å². The monoisotopic (exact) mass is 382 g/mol. The number of aliphatic hydroxyl groups is 2. The summed E-state index contributed by atoms with van der Waals surface area (Å²) in [6.45, 7) is 4.80. The van der Waals surface area contributed by atoms with Crippen molar-refractivity contribution in [2.45, 2.75) is 51.0 Å². The molecule has 0 bridgehead atoms. The number of carbonyl (C=O) groups excluding carboxylic acids is 1. The molecule has 1 saturated heterocycles. The Morgan fingerprint density at radius 3 is 1.39 bits per heavy atom. The predicted molar refractivity (Wildman–Crippen MR) is 110 cm³/mol. The highest BCUT2D eigenvalue weighted by atomic mass is 16.3. The number of nitrogens with zero attached hydrogens (tertiary/aromatic N) is 2. The maximum absolute atomic E-state index is 13.3. The lowest BCUT2D eigenvalue weighted by Gasteiger charge is -2.34. The second-order valence-electron chi connectivity index (χ2n) is 7.35. The van der Waals surface area contributed by atoms with Crippen molar-refractivity contribution in [3.8, 4) is 0 Å². The van der Waals surface area contributed by atoms with Gasteiger partial charge in [0.2, 0.25) is 0 Å². The number of carbonyl (C=O) groups is 1. The van der Waals surface area contributed by atoms with Crippen LogP contribution in [0, 0.1) is 0 Å². The van der Waals surface area contributed by atoms with E-state index in [0.29, 0.717) is 25.9 Å². The summed E-state index contributed by atoms with van der Waals surface area (Å²) in [4.78, 5) is 16.7. The molecule has 2 aromatic carbocycles. The van der Waals surface area contributed by atoms with Gasteiger partial charge in [-0.15, -0.1) is 0 Å². The second-order valence-corrected chi connectivity index (χ2v) is 7.35. The van der Waals surface area contributed by atoms with Crippen LogP contribution in [-0.4, -0.2) is 63.4 Å². The molecule has 4 atom stereocenters. The van der Waals surface area contributed by atoms with Crippen LogP contribution < -0.4 is 0 Å². The zero-order valence-electron chi connectivity index (χ0n) is 16.6. The van der Waals surface area contributed by atoms with E-state index >= 15 is 0 Å². The van der Waals surface area contributed by atoms with E-state index in [1.807, 2.05) is 74.5 Å². The number of amides is 2. The smallest absolute Gasteiger partial charge is 0.320 e. The van der Waals surface area contributed by atoms with E-state index in [2.05, 4.69) is 0 Å². The quantitative estimate of drug-likeness (QED) is 0.807. The van der Waals surface area contributed by atoms with Gasteiger partial charge in [0.15, 0.2) is 0 Å². The molecule has 0 spiro atoms. The van der Waals surface area contributed by atoms with Gasteiger partial charge in [-0.2, -0.15) is 0 Å². The summed E-state index contributed by atoms with van der Waals surface area (Å²) in [6.07, 6.45) is -1.02. The standard InChI is InChI=1S/C23H30N2O3/c1-3-24-19(15-17-11-7-5-8-12-17)21(26)22(27)20(25(4-2)23(24)28)16-18-13-9-6-10-14-18/h5-14,19-22,26-27H,3-4,15-16H2,1-2H3/t19-,20-,21+,22+/m1/s1. The average molecular weight is 383 g/mol. The predicted octanol–water partition coefficient (Wildman–Crippen LogP) is 2.71. The van der Waals surface area contributed by atoms with Gasteiger partial charge in [0.1, 0.15) is 12.2 Å². The first-order valence-electron chi connectivity index (χ1n) is 10.1. The molecule has 0 unspecified atom stereocenters. The van der Waals surface area contributed by atoms with Crippen molar-refractivity contribution in [1.82, 2.24) is 9.80 Å². The molecule has 2 aromatic rings. The van der Waals surface area contributed by atoms with Gasteiger partial charge in [-0.05, 0) is 37.8 Å². The first-order valence-corrected chi connectivity index (χ1v) is 10.1. The van der Waals surface area contributed by atoms with Gasteiger partial charge in [-0.3, -0.25) is 0 Å². The Morgan fingerprint density at radius 1 is 0.714 bits per heavy atom. The molecule has 5 heteroatoms. The third-order valence-electron chi connectivity index (χ3n) is 5.69. The molecular formula is C23H30N2O3. The lowest BCUT2D eigenvalue weighted by Crippen LogP contribution is -2.50. The zero-order valence-corrected chi connectivity index (χ0v) is 16.6. The van der Waals surface area contributed by atoms with Gasteiger partial charge >= 0.3 is 6.03 Å². The van der Waals surface area contributed by atoms with E-state index in [9.17, 15) is 15.0 Å². The van der Waals surface area contributed by atoms with Crippen LogP contribution in [0.15, 0.2) is 60.7 Å². The second kappa shape index (κ2) is 9.22. The van der Waals surface area contributed by atoms with Crippen LogP contribution in [0.2, 0.25) is 0 Å². The largest absolute Gasteiger partial charge is 0.388 e. The van der Waals surface area contributed by atoms with E-state index in [-0.39, 0.29) is 6.03 Å². The van der Waals surface area contributed by atoms with E-state index in [0.717, 1.165) is 11.1 Å². The summed E-state index contributed by atoms with van der Waals surface area (Å²) in [5.41, 5.74) is 2.07. The van der Waals surface area contributed by atoms with Crippen molar-refractivity contribution in [1.29, 1.82) is 0 Å². The number of hydrogen-bond acceptors (Lipinski definition) is 3. The van der Waals surface area contributed by atoms with E-state index < -0.39 is 24.3 Å². The minimum atomic E-state index is -1.02. The lowest BCUT2D eigenvalue weighted by atomic mass is 9.91. The molecule has 150 valence electrons. The van der Waals surface area contributed by atoms with Crippen LogP contribution in [0.3, 0.4) is 0 Å². The van der Waals surface area contributed by atoms with Gasteiger partial charge in [-0.1, -0.05) is 60.7 Å². The number of likely N-dealkylation sites (N-methyl/N-ethyl adjacent to an activating group) is 2. The summed E-state index contributed by atoms with van der Waals surface area (Å²) in [7, 11) is 0. The number of hydrogen-bond donors (Lipinski definition) is 2. The molecule has 2 N–H and O–H groups in total. The Hall–Kier alpha value is -2.37. The van der Waals surface area contributed by atoms with Gasteiger partial charge in [-0.25, -0.2) is 4.79 Å². The molecule has 1 aliphatic rings. The van der Waals surface area contributed by atoms with Crippen LogP contribution >= 0.6 is 0 Å². The van der Waals surface area contributed by atoms with Crippen molar-refractivity contribution < 1.29 is 15.0 Å². The maximum Gasteiger partial charge on any atom is 0.320 e. The van der Waals surface area contributed by atoms with Crippen molar-refractivity contribution >= 4 is 6.03 Å². The fraction of sp³-hybridized carbons (Fsp3) is 0.435. The fourth-order valence-electron chi connectivity index (χ4n) is 4.19. The van der Waals surface area contributed by atoms with Gasteiger partial charge in [0.05, 0.1) is 12.1 Å². The van der Waals surface area contributed by atoms with Crippen LogP contribution in [0.4, 0.5) is 4.79 Å². The molecule has 2 amide bonds. The topological polar surface area (TPSA) is 64.0 Å². The zero-order chi connectivity index (χ0) is 20.1. The molecule has 1 fully saturated rings. The first kappa shape index (κ1) is 20.4. The van der Waals surface area contributed by atoms with Gasteiger partial charge < -0.3 is 20.0 Å². The van der Waals surface area contributed by atoms with Gasteiger partial charge in [0, 0.05) is 13.1 Å². The van der Waals surface area contributed by atoms with Crippen LogP contribution in [-0.2, 0) is 12.8 Å². The van der Waals surface area contributed by atoms with E-state index in [1.54, 1.807) is 9.80 Å². The number of urea groups is 1. The summed E-state index contributed by atoms with van der Waals surface area (Å²) in [6, 6.07) is 18.6. The summed E-state index contributed by atoms with van der Waals surface area (Å²) < 4.78 is 0. The Kier molecular flexibility index (Phi) is 6.70. The molecule has 0 aliphatic carbocycles. The molecule has 28 heavy (non-hydrogen) atoms. The summed E-state index contributed by atoms with van der Waals surface area (Å²) >= 11 is 0. The number of rotatable bonds is 6. The minimum absolute atomic E-state index is 0.123. The van der Waals surface area contributed by atoms with Crippen molar-refractivity contribution in [2.24, 2.45) is 0 Å². The van der Waals surface area contributed by atoms with E-state index in [1.165, 1.54) is 0 Å². The Balaban J connectivity index is 1.93. The lowest BCUT2D eigenvalue weighted by molar-refractivity contribution is -0.0387. The van der Waals surface area contributed by atoms with Crippen LogP contribution in [0.5, 0.6) is 0 Å². The van der Waals surface area contributed by atoms with Crippen molar-refractivity contribution in [2.75, 3.05) is 13.1 Å². The molecule has 0 aromatic heterocycles. The first-order chi connectivity index (χ1) is 13.6. The SMILES string of the molecule is CCN1C(=O)N(CC)[C@H](Cc2ccccc2)[C@H](O)[C@@H](O)[C@H]1Cc1ccccc1. The highest BCUT2D eigenvalue weighted by Crippen LogP contribution is 2.26. The third-order valence-corrected chi connectivity index (χ3v) is 5.69. The Morgan fingerprint density at radius 2 is 1.07 bits per heavy atom. The highest BCUT2D eigenvalue weighted by Gasteiger charge is 2.45. The molecule has 3 rings (SSSR count). The molecular weight excluding hydrogens is 352 g/mol. The van der Waals surface area contributed by atoms with Crippen LogP contribution in [0.25, 0.3) is 0 Å². The minimum Gasteiger partial charge on any atom is -0.388 e. The van der Waals surface area contributed by atoms with Gasteiger partial charge in [0.25, 0.3) is 0 Å². The Bertz CT molecular complexity index is 689. The molecule has 1 heterocycles.